The van der Waals surface area contributed by atoms with Gasteiger partial charge in [0.2, 0.25) is 0 Å². The van der Waals surface area contributed by atoms with Crippen molar-refractivity contribution in [3.8, 4) is 0 Å². The molecule has 166 valence electrons. The molecule has 0 N–H and O–H groups in total. The molecule has 0 radical (unpaired) electrons. The molecule has 1 unspecified atom stereocenters. The summed E-state index contributed by atoms with van der Waals surface area (Å²) in [5.41, 5.74) is 1.26. The SMILES string of the molecule is CC(C)CC[N+]1=C(CN2CCN(c3ccccc3)CC2)N=C2C1C(=O)N(C)C(=O)N2C. The van der Waals surface area contributed by atoms with Crippen LogP contribution in [0.3, 0.4) is 0 Å². The number of anilines is 1. The van der Waals surface area contributed by atoms with Gasteiger partial charge in [0.1, 0.15) is 6.54 Å². The molecule has 0 spiro atoms. The molecule has 0 bridgehead atoms. The smallest absolute Gasteiger partial charge is 0.333 e. The van der Waals surface area contributed by atoms with E-state index in [2.05, 4.69) is 52.5 Å². The Morgan fingerprint density at radius 2 is 1.71 bits per heavy atom. The van der Waals surface area contributed by atoms with Crippen LogP contribution in [0.1, 0.15) is 20.3 Å². The second-order valence-corrected chi connectivity index (χ2v) is 9.00. The number of urea groups is 1. The summed E-state index contributed by atoms with van der Waals surface area (Å²) in [5.74, 6) is 1.80. The average Bonchev–Trinajstić information content (AvgIpc) is 3.14. The van der Waals surface area contributed by atoms with Crippen LogP contribution >= 0.6 is 0 Å². The first-order chi connectivity index (χ1) is 14.9. The standard InChI is InChI=1S/C23H33N6O2/c1-17(2)10-11-29-19(24-21-20(29)22(30)26(4)23(31)25(21)3)16-27-12-14-28(15-13-27)18-8-6-5-7-9-18/h5-9,17,20H,10-16H2,1-4H3/q+1. The van der Waals surface area contributed by atoms with E-state index in [4.69, 9.17) is 4.99 Å². The topological polar surface area (TPSA) is 62.5 Å². The molecule has 1 aromatic rings. The first kappa shape index (κ1) is 21.5. The van der Waals surface area contributed by atoms with Crippen LogP contribution in [0.4, 0.5) is 10.5 Å². The normalized spacial score (nSPS) is 22.5. The highest BCUT2D eigenvalue weighted by Crippen LogP contribution is 2.21. The summed E-state index contributed by atoms with van der Waals surface area (Å²) in [6.07, 6.45) is 0.971. The first-order valence-corrected chi connectivity index (χ1v) is 11.2. The maximum Gasteiger partial charge on any atom is 0.333 e. The molecule has 0 aromatic heterocycles. The van der Waals surface area contributed by atoms with Gasteiger partial charge in [-0.05, 0) is 29.5 Å². The van der Waals surface area contributed by atoms with Crippen molar-refractivity contribution in [1.29, 1.82) is 0 Å². The molecule has 2 saturated heterocycles. The Morgan fingerprint density at radius 3 is 2.35 bits per heavy atom. The Kier molecular flexibility index (Phi) is 6.09. The average molecular weight is 426 g/mol. The maximum atomic E-state index is 13.0. The number of carbonyl (C=O) groups excluding carboxylic acids is 2. The van der Waals surface area contributed by atoms with E-state index in [0.717, 1.165) is 45.0 Å². The van der Waals surface area contributed by atoms with Crippen LogP contribution in [0.5, 0.6) is 0 Å². The number of benzene rings is 1. The zero-order valence-corrected chi connectivity index (χ0v) is 19.0. The van der Waals surface area contributed by atoms with Gasteiger partial charge >= 0.3 is 11.9 Å². The van der Waals surface area contributed by atoms with Crippen LogP contribution in [-0.4, -0.2) is 102 Å². The molecule has 3 aliphatic heterocycles. The number of nitrogens with zero attached hydrogens (tertiary/aromatic N) is 6. The highest BCUT2D eigenvalue weighted by molar-refractivity contribution is 6.23. The second kappa shape index (κ2) is 8.78. The number of hydrogen-bond donors (Lipinski definition) is 0. The Hall–Kier alpha value is -2.74. The molecular weight excluding hydrogens is 392 g/mol. The number of aliphatic imine (C=N–C) groups is 1. The summed E-state index contributed by atoms with van der Waals surface area (Å²) >= 11 is 0. The van der Waals surface area contributed by atoms with Crippen LogP contribution in [0.25, 0.3) is 0 Å². The monoisotopic (exact) mass is 425 g/mol. The fourth-order valence-electron chi connectivity index (χ4n) is 4.43. The lowest BCUT2D eigenvalue weighted by atomic mass is 10.1. The van der Waals surface area contributed by atoms with Crippen molar-refractivity contribution in [3.63, 3.8) is 0 Å². The molecular formula is C23H33N6O2+. The van der Waals surface area contributed by atoms with Crippen molar-refractivity contribution in [2.75, 3.05) is 58.3 Å². The van der Waals surface area contributed by atoms with E-state index >= 15 is 0 Å². The molecule has 2 fully saturated rings. The fraction of sp³-hybridized carbons (Fsp3) is 0.565. The van der Waals surface area contributed by atoms with Crippen LogP contribution in [0.15, 0.2) is 35.3 Å². The first-order valence-electron chi connectivity index (χ1n) is 11.2. The number of piperazine rings is 1. The Morgan fingerprint density at radius 1 is 1.03 bits per heavy atom. The van der Waals surface area contributed by atoms with E-state index in [1.165, 1.54) is 15.5 Å². The van der Waals surface area contributed by atoms with E-state index in [9.17, 15) is 9.59 Å². The van der Waals surface area contributed by atoms with Gasteiger partial charge < -0.3 is 4.90 Å². The Bertz CT molecular complexity index is 902. The number of likely N-dealkylation sites (N-methyl/N-ethyl adjacent to an activating group) is 2. The molecule has 31 heavy (non-hydrogen) atoms. The zero-order valence-electron chi connectivity index (χ0n) is 19.0. The predicted molar refractivity (Wildman–Crippen MR) is 122 cm³/mol. The molecule has 3 amide bonds. The Labute approximate surface area is 184 Å². The van der Waals surface area contributed by atoms with Gasteiger partial charge in [-0.15, -0.1) is 0 Å². The lowest BCUT2D eigenvalue weighted by Crippen LogP contribution is -2.61. The number of carbonyl (C=O) groups is 2. The highest BCUT2D eigenvalue weighted by Gasteiger charge is 2.52. The molecule has 3 heterocycles. The van der Waals surface area contributed by atoms with Crippen molar-refractivity contribution in [2.45, 2.75) is 26.3 Å². The largest absolute Gasteiger partial charge is 0.369 e. The summed E-state index contributed by atoms with van der Waals surface area (Å²) in [6.45, 7) is 9.63. The number of para-hydroxylation sites is 1. The van der Waals surface area contributed by atoms with Crippen molar-refractivity contribution >= 4 is 29.3 Å². The highest BCUT2D eigenvalue weighted by atomic mass is 16.2. The van der Waals surface area contributed by atoms with Gasteiger partial charge in [0.15, 0.2) is 0 Å². The quantitative estimate of drug-likeness (QED) is 0.649. The third kappa shape index (κ3) is 4.21. The van der Waals surface area contributed by atoms with Crippen molar-refractivity contribution in [1.82, 2.24) is 14.7 Å². The van der Waals surface area contributed by atoms with Gasteiger partial charge in [0.05, 0.1) is 6.54 Å². The molecule has 1 aromatic carbocycles. The van der Waals surface area contributed by atoms with Crippen molar-refractivity contribution in [3.05, 3.63) is 30.3 Å². The van der Waals surface area contributed by atoms with Crippen LogP contribution < -0.4 is 4.90 Å². The fourth-order valence-corrected chi connectivity index (χ4v) is 4.43. The van der Waals surface area contributed by atoms with Gasteiger partial charge in [0, 0.05) is 46.0 Å². The number of amidine groups is 2. The number of hydrogen-bond acceptors (Lipinski definition) is 5. The minimum atomic E-state index is -0.493. The number of amides is 3. The van der Waals surface area contributed by atoms with Crippen LogP contribution in [-0.2, 0) is 4.79 Å². The van der Waals surface area contributed by atoms with Gasteiger partial charge in [-0.3, -0.25) is 19.5 Å². The van der Waals surface area contributed by atoms with E-state index < -0.39 is 6.04 Å². The minimum Gasteiger partial charge on any atom is -0.369 e. The summed E-state index contributed by atoms with van der Waals surface area (Å²) in [4.78, 5) is 37.8. The second-order valence-electron chi connectivity index (χ2n) is 9.00. The zero-order chi connectivity index (χ0) is 22.1. The summed E-state index contributed by atoms with van der Waals surface area (Å²) in [7, 11) is 3.26. The van der Waals surface area contributed by atoms with Gasteiger partial charge in [0.25, 0.3) is 17.8 Å². The van der Waals surface area contributed by atoms with Crippen molar-refractivity contribution in [2.24, 2.45) is 10.9 Å². The molecule has 0 aliphatic carbocycles. The third-order valence-corrected chi connectivity index (χ3v) is 6.42. The minimum absolute atomic E-state index is 0.186. The van der Waals surface area contributed by atoms with Crippen LogP contribution in [0.2, 0.25) is 0 Å². The summed E-state index contributed by atoms with van der Waals surface area (Å²) in [6, 6.07) is 9.69. The van der Waals surface area contributed by atoms with Crippen molar-refractivity contribution < 1.29 is 14.2 Å². The van der Waals surface area contributed by atoms with E-state index in [1.807, 2.05) is 6.07 Å². The number of rotatable bonds is 6. The molecule has 0 saturated carbocycles. The molecule has 8 nitrogen and oxygen atoms in total. The predicted octanol–water partition coefficient (Wildman–Crippen LogP) is 1.57. The molecule has 3 aliphatic rings. The Balaban J connectivity index is 1.51. The van der Waals surface area contributed by atoms with Gasteiger partial charge in [-0.25, -0.2) is 9.37 Å². The van der Waals surface area contributed by atoms with Gasteiger partial charge in [-0.2, -0.15) is 0 Å². The van der Waals surface area contributed by atoms with E-state index in [1.54, 1.807) is 14.1 Å². The molecule has 8 heteroatoms. The molecule has 4 rings (SSSR count). The summed E-state index contributed by atoms with van der Waals surface area (Å²) in [5, 5.41) is 0. The number of imide groups is 1. The lowest BCUT2D eigenvalue weighted by molar-refractivity contribution is -0.537. The van der Waals surface area contributed by atoms with E-state index in [-0.39, 0.29) is 11.9 Å². The lowest BCUT2D eigenvalue weighted by Gasteiger charge is -2.35. The third-order valence-electron chi connectivity index (χ3n) is 6.42. The van der Waals surface area contributed by atoms with Crippen LogP contribution in [0, 0.1) is 5.92 Å². The number of fused-ring (bicyclic) bond motifs is 1. The van der Waals surface area contributed by atoms with E-state index in [0.29, 0.717) is 18.3 Å². The maximum absolute atomic E-state index is 13.0. The van der Waals surface area contributed by atoms with Gasteiger partial charge in [-0.1, -0.05) is 32.0 Å². The molecule has 1 atom stereocenters. The summed E-state index contributed by atoms with van der Waals surface area (Å²) < 4.78 is 2.13.